The molecule has 0 radical (unpaired) electrons. The molecule has 0 aliphatic rings. The van der Waals surface area contributed by atoms with Crippen LogP contribution < -0.4 is 15.8 Å². The van der Waals surface area contributed by atoms with E-state index in [-0.39, 0.29) is 0 Å². The second kappa shape index (κ2) is 5.05. The molecule has 0 aromatic carbocycles. The van der Waals surface area contributed by atoms with Gasteiger partial charge in [0.1, 0.15) is 0 Å². The maximum absolute atomic E-state index is 5.63. The fourth-order valence-electron chi connectivity index (χ4n) is 1.02. The Morgan fingerprint density at radius 3 is 2.93 bits per heavy atom. The molecular formula is C9H17N3OS. The topological polar surface area (TPSA) is 60.2 Å². The highest BCUT2D eigenvalue weighted by Crippen LogP contribution is 2.34. The molecule has 5 heteroatoms. The number of hydrogen-bond donors (Lipinski definition) is 2. The van der Waals surface area contributed by atoms with E-state index in [0.29, 0.717) is 17.5 Å². The van der Waals surface area contributed by atoms with Crippen molar-refractivity contribution in [1.29, 1.82) is 0 Å². The second-order valence-electron chi connectivity index (χ2n) is 3.32. The zero-order valence-electron chi connectivity index (χ0n) is 8.83. The van der Waals surface area contributed by atoms with E-state index >= 15 is 0 Å². The van der Waals surface area contributed by atoms with Gasteiger partial charge in [-0.1, -0.05) is 20.3 Å². The molecular weight excluding hydrogens is 198 g/mol. The van der Waals surface area contributed by atoms with Gasteiger partial charge in [0, 0.05) is 6.54 Å². The minimum atomic E-state index is 0.462. The fraction of sp³-hybridized carbons (Fsp3) is 0.667. The number of anilines is 2. The molecule has 4 nitrogen and oxygen atoms in total. The highest BCUT2D eigenvalue weighted by atomic mass is 32.1. The predicted octanol–water partition coefficient (Wildman–Crippen LogP) is 2.19. The summed E-state index contributed by atoms with van der Waals surface area (Å²) in [7, 11) is 1.61. The summed E-state index contributed by atoms with van der Waals surface area (Å²) in [5.74, 6) is 1.77. The number of aromatic nitrogens is 1. The van der Waals surface area contributed by atoms with E-state index < -0.39 is 0 Å². The lowest BCUT2D eigenvalue weighted by atomic mass is 10.1. The summed E-state index contributed by atoms with van der Waals surface area (Å²) in [4.78, 5) is 0. The third-order valence-electron chi connectivity index (χ3n) is 2.19. The van der Waals surface area contributed by atoms with Crippen LogP contribution in [0.25, 0.3) is 0 Å². The van der Waals surface area contributed by atoms with Crippen molar-refractivity contribution >= 4 is 22.4 Å². The van der Waals surface area contributed by atoms with Gasteiger partial charge in [0.2, 0.25) is 0 Å². The summed E-state index contributed by atoms with van der Waals surface area (Å²) in [6.07, 6.45) is 1.16. The van der Waals surface area contributed by atoms with E-state index in [9.17, 15) is 0 Å². The van der Waals surface area contributed by atoms with Gasteiger partial charge in [0.15, 0.2) is 16.6 Å². The SMILES string of the molecule is CCC(C)CNc1snc(N)c1OC. The van der Waals surface area contributed by atoms with Crippen molar-refractivity contribution in [2.75, 3.05) is 24.7 Å². The monoisotopic (exact) mass is 215 g/mol. The molecule has 0 aliphatic carbocycles. The maximum Gasteiger partial charge on any atom is 0.197 e. The van der Waals surface area contributed by atoms with Gasteiger partial charge in [-0.15, -0.1) is 0 Å². The minimum Gasteiger partial charge on any atom is -0.490 e. The van der Waals surface area contributed by atoms with Crippen LogP contribution in [0.1, 0.15) is 20.3 Å². The molecule has 0 bridgehead atoms. The Morgan fingerprint density at radius 2 is 2.36 bits per heavy atom. The molecule has 0 aliphatic heterocycles. The van der Waals surface area contributed by atoms with Crippen LogP contribution in [0.4, 0.5) is 10.8 Å². The van der Waals surface area contributed by atoms with Gasteiger partial charge >= 0.3 is 0 Å². The van der Waals surface area contributed by atoms with E-state index in [4.69, 9.17) is 10.5 Å². The van der Waals surface area contributed by atoms with E-state index in [2.05, 4.69) is 23.5 Å². The highest BCUT2D eigenvalue weighted by molar-refractivity contribution is 7.11. The van der Waals surface area contributed by atoms with Crippen LogP contribution in [-0.2, 0) is 0 Å². The summed E-state index contributed by atoms with van der Waals surface area (Å²) >= 11 is 1.34. The van der Waals surface area contributed by atoms with Gasteiger partial charge in [-0.3, -0.25) is 0 Å². The number of nitrogens with one attached hydrogen (secondary N) is 1. The lowest BCUT2D eigenvalue weighted by molar-refractivity contribution is 0.419. The van der Waals surface area contributed by atoms with Crippen molar-refractivity contribution in [1.82, 2.24) is 4.37 Å². The van der Waals surface area contributed by atoms with E-state index in [0.717, 1.165) is 18.0 Å². The summed E-state index contributed by atoms with van der Waals surface area (Å²) < 4.78 is 9.17. The molecule has 0 saturated heterocycles. The Morgan fingerprint density at radius 1 is 1.64 bits per heavy atom. The molecule has 1 unspecified atom stereocenters. The second-order valence-corrected chi connectivity index (χ2v) is 4.10. The molecule has 0 saturated carbocycles. The van der Waals surface area contributed by atoms with Crippen LogP contribution in [0, 0.1) is 5.92 Å². The number of hydrogen-bond acceptors (Lipinski definition) is 5. The third-order valence-corrected chi connectivity index (χ3v) is 2.99. The number of nitrogens with two attached hydrogens (primary N) is 1. The molecule has 1 aromatic heterocycles. The zero-order valence-corrected chi connectivity index (χ0v) is 9.65. The maximum atomic E-state index is 5.63. The Kier molecular flexibility index (Phi) is 4.00. The van der Waals surface area contributed by atoms with Crippen LogP contribution in [0.2, 0.25) is 0 Å². The van der Waals surface area contributed by atoms with Crippen molar-refractivity contribution in [2.45, 2.75) is 20.3 Å². The number of methoxy groups -OCH3 is 1. The first-order chi connectivity index (χ1) is 6.69. The molecule has 1 heterocycles. The molecule has 80 valence electrons. The molecule has 1 aromatic rings. The smallest absolute Gasteiger partial charge is 0.197 e. The van der Waals surface area contributed by atoms with E-state index in [1.54, 1.807) is 7.11 Å². The number of rotatable bonds is 5. The molecule has 0 fully saturated rings. The highest BCUT2D eigenvalue weighted by Gasteiger charge is 2.11. The Labute approximate surface area is 88.6 Å². The van der Waals surface area contributed by atoms with Crippen molar-refractivity contribution in [2.24, 2.45) is 5.92 Å². The average Bonchev–Trinajstić information content (AvgIpc) is 2.55. The molecule has 14 heavy (non-hydrogen) atoms. The fourth-order valence-corrected chi connectivity index (χ4v) is 1.71. The summed E-state index contributed by atoms with van der Waals surface area (Å²) in [6.45, 7) is 5.29. The van der Waals surface area contributed by atoms with Crippen LogP contribution in [0.15, 0.2) is 0 Å². The lowest BCUT2D eigenvalue weighted by Crippen LogP contribution is -2.09. The number of nitrogen functional groups attached to an aromatic ring is 1. The van der Waals surface area contributed by atoms with Gasteiger partial charge < -0.3 is 15.8 Å². The molecule has 0 amide bonds. The Balaban J connectivity index is 2.58. The van der Waals surface area contributed by atoms with Crippen LogP contribution >= 0.6 is 11.5 Å². The first-order valence-electron chi connectivity index (χ1n) is 4.72. The molecule has 1 atom stereocenters. The largest absolute Gasteiger partial charge is 0.490 e. The summed E-state index contributed by atoms with van der Waals surface area (Å²) in [6, 6.07) is 0. The predicted molar refractivity (Wildman–Crippen MR) is 61.0 cm³/mol. The number of ether oxygens (including phenoxy) is 1. The van der Waals surface area contributed by atoms with Gasteiger partial charge in [-0.25, -0.2) is 0 Å². The Hall–Kier alpha value is -0.970. The van der Waals surface area contributed by atoms with Crippen LogP contribution in [0.3, 0.4) is 0 Å². The van der Waals surface area contributed by atoms with Crippen molar-refractivity contribution in [3.63, 3.8) is 0 Å². The molecule has 0 spiro atoms. The zero-order chi connectivity index (χ0) is 10.6. The normalized spacial score (nSPS) is 12.5. The molecule has 1 rings (SSSR count). The van der Waals surface area contributed by atoms with Gasteiger partial charge in [-0.2, -0.15) is 4.37 Å². The van der Waals surface area contributed by atoms with E-state index in [1.165, 1.54) is 11.5 Å². The quantitative estimate of drug-likeness (QED) is 0.790. The van der Waals surface area contributed by atoms with Gasteiger partial charge in [-0.05, 0) is 17.5 Å². The lowest BCUT2D eigenvalue weighted by Gasteiger charge is -2.10. The summed E-state index contributed by atoms with van der Waals surface area (Å²) in [5.41, 5.74) is 5.63. The summed E-state index contributed by atoms with van der Waals surface area (Å²) in [5, 5.41) is 4.21. The Bertz CT molecular complexity index is 288. The van der Waals surface area contributed by atoms with Crippen molar-refractivity contribution < 1.29 is 4.74 Å². The van der Waals surface area contributed by atoms with Crippen LogP contribution in [-0.4, -0.2) is 18.0 Å². The van der Waals surface area contributed by atoms with E-state index in [1.807, 2.05) is 0 Å². The molecule has 3 N–H and O–H groups in total. The first-order valence-corrected chi connectivity index (χ1v) is 5.49. The van der Waals surface area contributed by atoms with Crippen molar-refractivity contribution in [3.8, 4) is 5.75 Å². The van der Waals surface area contributed by atoms with Crippen molar-refractivity contribution in [3.05, 3.63) is 0 Å². The standard InChI is InChI=1S/C9H17N3OS/c1-4-6(2)5-11-9-7(13-3)8(10)12-14-9/h6,11H,4-5H2,1-3H3,(H2,10,12). The average molecular weight is 215 g/mol. The van der Waals surface area contributed by atoms with Gasteiger partial charge in [0.25, 0.3) is 0 Å². The first kappa shape index (κ1) is 11.1. The van der Waals surface area contributed by atoms with Gasteiger partial charge in [0.05, 0.1) is 7.11 Å². The van der Waals surface area contributed by atoms with Crippen LogP contribution in [0.5, 0.6) is 5.75 Å². The number of nitrogens with zero attached hydrogens (tertiary/aromatic N) is 1. The minimum absolute atomic E-state index is 0.462. The third kappa shape index (κ3) is 2.51.